The fourth-order valence-electron chi connectivity index (χ4n) is 3.69. The summed E-state index contributed by atoms with van der Waals surface area (Å²) in [6.45, 7) is 3.64. The maximum atomic E-state index is 14.5. The first-order valence-corrected chi connectivity index (χ1v) is 9.18. The number of nitrogens with one attached hydrogen (secondary N) is 1. The van der Waals surface area contributed by atoms with Crippen LogP contribution >= 0.6 is 0 Å². The molecule has 1 heterocycles. The predicted molar refractivity (Wildman–Crippen MR) is 103 cm³/mol. The third kappa shape index (κ3) is 4.17. The van der Waals surface area contributed by atoms with Crippen LogP contribution in [-0.4, -0.2) is 52.4 Å². The molecule has 0 bridgehead atoms. The number of para-hydroxylation sites is 1. The predicted octanol–water partition coefficient (Wildman–Crippen LogP) is 3.24. The molecule has 0 spiro atoms. The summed E-state index contributed by atoms with van der Waals surface area (Å²) in [6.07, 6.45) is 1.03. The minimum absolute atomic E-state index is 0.143. The molecule has 1 atom stereocenters. The van der Waals surface area contributed by atoms with Crippen molar-refractivity contribution in [2.45, 2.75) is 12.5 Å². The Morgan fingerprint density at radius 2 is 1.78 bits per heavy atom. The maximum Gasteiger partial charge on any atom is 0.165 e. The highest BCUT2D eigenvalue weighted by Gasteiger charge is 2.28. The lowest BCUT2D eigenvalue weighted by molar-refractivity contribution is 0.234. The van der Waals surface area contributed by atoms with Gasteiger partial charge in [0.2, 0.25) is 0 Å². The first-order chi connectivity index (χ1) is 13.2. The molecule has 146 valence electrons. The second-order valence-electron chi connectivity index (χ2n) is 6.52. The quantitative estimate of drug-likeness (QED) is 0.841. The lowest BCUT2D eigenvalue weighted by atomic mass is 9.95. The van der Waals surface area contributed by atoms with Crippen LogP contribution in [0, 0.1) is 5.82 Å². The molecule has 1 aliphatic rings. The molecule has 0 radical (unpaired) electrons. The average Bonchev–Trinajstić information content (AvgIpc) is 2.97. The van der Waals surface area contributed by atoms with Crippen LogP contribution in [0.4, 0.5) is 4.39 Å². The Labute approximate surface area is 160 Å². The normalized spacial score (nSPS) is 16.4. The number of ether oxygens (including phenoxy) is 3. The van der Waals surface area contributed by atoms with E-state index in [0.29, 0.717) is 11.5 Å². The van der Waals surface area contributed by atoms with Crippen LogP contribution in [0.25, 0.3) is 0 Å². The molecule has 1 aliphatic heterocycles. The monoisotopic (exact) mass is 374 g/mol. The highest BCUT2D eigenvalue weighted by Crippen LogP contribution is 2.40. The number of halogens is 1. The van der Waals surface area contributed by atoms with Crippen molar-refractivity contribution in [2.75, 3.05) is 47.5 Å². The number of hydrogen-bond donors (Lipinski definition) is 1. The molecule has 0 amide bonds. The summed E-state index contributed by atoms with van der Waals surface area (Å²) in [4.78, 5) is 2.36. The number of rotatable bonds is 6. The van der Waals surface area contributed by atoms with Gasteiger partial charge in [0.25, 0.3) is 0 Å². The highest BCUT2D eigenvalue weighted by atomic mass is 19.1. The molecule has 0 aromatic heterocycles. The number of benzene rings is 2. The molecule has 2 aromatic rings. The van der Waals surface area contributed by atoms with Crippen LogP contribution in [0.15, 0.2) is 36.4 Å². The summed E-state index contributed by atoms with van der Waals surface area (Å²) < 4.78 is 30.7. The summed E-state index contributed by atoms with van der Waals surface area (Å²) in [5, 5.41) is 3.42. The van der Waals surface area contributed by atoms with Crippen LogP contribution in [-0.2, 0) is 0 Å². The largest absolute Gasteiger partial charge is 0.494 e. The fourth-order valence-corrected chi connectivity index (χ4v) is 3.69. The van der Waals surface area contributed by atoms with E-state index in [0.717, 1.165) is 43.7 Å². The summed E-state index contributed by atoms with van der Waals surface area (Å²) in [6, 6.07) is 10.9. The van der Waals surface area contributed by atoms with Crippen molar-refractivity contribution in [1.29, 1.82) is 0 Å². The van der Waals surface area contributed by atoms with Gasteiger partial charge in [-0.3, -0.25) is 4.90 Å². The van der Waals surface area contributed by atoms with Crippen LogP contribution in [0.2, 0.25) is 0 Å². The van der Waals surface area contributed by atoms with E-state index in [2.05, 4.69) is 10.2 Å². The molecule has 3 rings (SSSR count). The van der Waals surface area contributed by atoms with Crippen molar-refractivity contribution in [3.63, 3.8) is 0 Å². The van der Waals surface area contributed by atoms with Gasteiger partial charge in [0.1, 0.15) is 0 Å². The first-order valence-electron chi connectivity index (χ1n) is 9.18. The van der Waals surface area contributed by atoms with Gasteiger partial charge in [-0.2, -0.15) is 0 Å². The molecule has 1 saturated heterocycles. The van der Waals surface area contributed by atoms with Crippen LogP contribution in [0.5, 0.6) is 17.2 Å². The number of methoxy groups -OCH3 is 3. The molecule has 1 fully saturated rings. The smallest absolute Gasteiger partial charge is 0.165 e. The van der Waals surface area contributed by atoms with Crippen LogP contribution in [0.1, 0.15) is 23.6 Å². The summed E-state index contributed by atoms with van der Waals surface area (Å²) in [5.74, 6) is 1.22. The molecule has 6 heteroatoms. The zero-order chi connectivity index (χ0) is 19.2. The number of nitrogens with zero attached hydrogens (tertiary/aromatic N) is 1. The zero-order valence-electron chi connectivity index (χ0n) is 16.1. The van der Waals surface area contributed by atoms with Gasteiger partial charge >= 0.3 is 0 Å². The Morgan fingerprint density at radius 1 is 0.963 bits per heavy atom. The molecule has 1 N–H and O–H groups in total. The van der Waals surface area contributed by atoms with Crippen molar-refractivity contribution in [3.8, 4) is 17.2 Å². The summed E-state index contributed by atoms with van der Waals surface area (Å²) in [5.41, 5.74) is 1.82. The Morgan fingerprint density at radius 3 is 2.48 bits per heavy atom. The topological polar surface area (TPSA) is 43.0 Å². The molecule has 2 aromatic carbocycles. The molecular weight excluding hydrogens is 347 g/mol. The third-order valence-electron chi connectivity index (χ3n) is 4.96. The summed E-state index contributed by atoms with van der Waals surface area (Å²) >= 11 is 0. The van der Waals surface area contributed by atoms with Crippen molar-refractivity contribution < 1.29 is 18.6 Å². The van der Waals surface area contributed by atoms with Gasteiger partial charge in [-0.15, -0.1) is 0 Å². The van der Waals surface area contributed by atoms with Gasteiger partial charge in [0, 0.05) is 25.2 Å². The van der Waals surface area contributed by atoms with Crippen LogP contribution in [0.3, 0.4) is 0 Å². The molecule has 0 saturated carbocycles. The van der Waals surface area contributed by atoms with Gasteiger partial charge < -0.3 is 19.5 Å². The zero-order valence-corrected chi connectivity index (χ0v) is 16.1. The van der Waals surface area contributed by atoms with Crippen molar-refractivity contribution >= 4 is 0 Å². The van der Waals surface area contributed by atoms with E-state index in [1.807, 2.05) is 24.3 Å². The van der Waals surface area contributed by atoms with E-state index in [1.165, 1.54) is 7.11 Å². The van der Waals surface area contributed by atoms with Crippen molar-refractivity contribution in [3.05, 3.63) is 53.3 Å². The number of hydrogen-bond acceptors (Lipinski definition) is 5. The van der Waals surface area contributed by atoms with Gasteiger partial charge in [-0.25, -0.2) is 4.39 Å². The lowest BCUT2D eigenvalue weighted by Gasteiger charge is -2.32. The van der Waals surface area contributed by atoms with E-state index in [9.17, 15) is 4.39 Å². The van der Waals surface area contributed by atoms with E-state index < -0.39 is 0 Å². The molecule has 5 nitrogen and oxygen atoms in total. The Bertz CT molecular complexity index is 761. The molecule has 27 heavy (non-hydrogen) atoms. The molecule has 0 aliphatic carbocycles. The fraction of sp³-hybridized carbons (Fsp3) is 0.429. The van der Waals surface area contributed by atoms with Gasteiger partial charge in [0.15, 0.2) is 23.1 Å². The second kappa shape index (κ2) is 9.06. The SMILES string of the molecule is COc1ccc(C(c2cccc(OC)c2OC)N2CCCNCC2)cc1F. The Hall–Kier alpha value is -2.31. The van der Waals surface area contributed by atoms with Gasteiger partial charge in [-0.1, -0.05) is 18.2 Å². The molecular formula is C21H27FN2O3. The Kier molecular flexibility index (Phi) is 6.53. The van der Waals surface area contributed by atoms with E-state index in [4.69, 9.17) is 14.2 Å². The maximum absolute atomic E-state index is 14.5. The van der Waals surface area contributed by atoms with E-state index >= 15 is 0 Å². The van der Waals surface area contributed by atoms with E-state index in [-0.39, 0.29) is 17.6 Å². The van der Waals surface area contributed by atoms with Crippen molar-refractivity contribution in [1.82, 2.24) is 10.2 Å². The minimum atomic E-state index is -0.366. The van der Waals surface area contributed by atoms with Crippen molar-refractivity contribution in [2.24, 2.45) is 0 Å². The molecule has 1 unspecified atom stereocenters. The van der Waals surface area contributed by atoms with E-state index in [1.54, 1.807) is 26.4 Å². The standard InChI is InChI=1S/C21H27FN2O3/c1-25-18-9-8-15(14-17(18)22)20(24-12-5-10-23-11-13-24)16-6-4-7-19(26-2)21(16)27-3/h4,6-9,14,20,23H,5,10-13H2,1-3H3. The van der Waals surface area contributed by atoms with Crippen LogP contribution < -0.4 is 19.5 Å². The lowest BCUT2D eigenvalue weighted by Crippen LogP contribution is -2.33. The van der Waals surface area contributed by atoms with Gasteiger partial charge in [0.05, 0.1) is 27.4 Å². The third-order valence-corrected chi connectivity index (χ3v) is 4.96. The van der Waals surface area contributed by atoms with Gasteiger partial charge in [-0.05, 0) is 36.7 Å². The Balaban J connectivity index is 2.12. The average molecular weight is 374 g/mol. The second-order valence-corrected chi connectivity index (χ2v) is 6.52. The summed E-state index contributed by atoms with van der Waals surface area (Å²) in [7, 11) is 4.73. The first kappa shape index (κ1) is 19.5. The highest BCUT2D eigenvalue weighted by molar-refractivity contribution is 5.51. The minimum Gasteiger partial charge on any atom is -0.494 e.